The molecule has 0 bridgehead atoms. The number of hydrogen-bond donors (Lipinski definition) is 3. The lowest BCUT2D eigenvalue weighted by Crippen LogP contribution is -2.56. The van der Waals surface area contributed by atoms with E-state index in [4.69, 9.17) is 10.8 Å². The van der Waals surface area contributed by atoms with E-state index in [1.54, 1.807) is 18.7 Å². The highest BCUT2D eigenvalue weighted by molar-refractivity contribution is 5.78. The fourth-order valence-electron chi connectivity index (χ4n) is 2.28. The van der Waals surface area contributed by atoms with Gasteiger partial charge in [0.15, 0.2) is 0 Å². The maximum Gasteiger partial charge on any atom is 0.317 e. The first-order chi connectivity index (χ1) is 9.69. The molecule has 1 aliphatic rings. The quantitative estimate of drug-likeness (QED) is 0.608. The lowest BCUT2D eigenvalue weighted by Gasteiger charge is -2.36. The first-order valence-electron chi connectivity index (χ1n) is 6.99. The number of carbonyl (C=O) groups is 3. The summed E-state index contributed by atoms with van der Waals surface area (Å²) in [4.78, 5) is 37.3. The van der Waals surface area contributed by atoms with Crippen LogP contribution >= 0.6 is 0 Å². The van der Waals surface area contributed by atoms with Gasteiger partial charge in [0.1, 0.15) is 0 Å². The number of nitrogens with two attached hydrogens (primary N) is 1. The Morgan fingerprint density at radius 3 is 2.24 bits per heavy atom. The molecule has 1 aliphatic heterocycles. The molecule has 1 heterocycles. The van der Waals surface area contributed by atoms with Crippen molar-refractivity contribution in [2.45, 2.75) is 32.2 Å². The molecule has 8 nitrogen and oxygen atoms in total. The van der Waals surface area contributed by atoms with Crippen molar-refractivity contribution in [3.8, 4) is 0 Å². The van der Waals surface area contributed by atoms with Crippen LogP contribution in [0.4, 0.5) is 4.79 Å². The van der Waals surface area contributed by atoms with Crippen LogP contribution in [-0.2, 0) is 9.59 Å². The third-order valence-electron chi connectivity index (χ3n) is 3.36. The summed E-state index contributed by atoms with van der Waals surface area (Å²) in [5.74, 6) is -1.28. The summed E-state index contributed by atoms with van der Waals surface area (Å²) in [6.07, 6.45) is 0.190. The molecule has 0 aromatic heterocycles. The molecular weight excluding hydrogens is 276 g/mol. The van der Waals surface area contributed by atoms with Gasteiger partial charge in [-0.2, -0.15) is 0 Å². The Kier molecular flexibility index (Phi) is 5.95. The summed E-state index contributed by atoms with van der Waals surface area (Å²) in [6.45, 7) is 6.37. The van der Waals surface area contributed by atoms with Crippen LogP contribution in [0.25, 0.3) is 0 Å². The molecule has 21 heavy (non-hydrogen) atoms. The van der Waals surface area contributed by atoms with Gasteiger partial charge in [-0.1, -0.05) is 0 Å². The molecule has 0 aliphatic carbocycles. The van der Waals surface area contributed by atoms with Gasteiger partial charge >= 0.3 is 12.0 Å². The van der Waals surface area contributed by atoms with Gasteiger partial charge in [0, 0.05) is 44.7 Å². The summed E-state index contributed by atoms with van der Waals surface area (Å²) in [7, 11) is 0. The van der Waals surface area contributed by atoms with Crippen molar-refractivity contribution in [3.05, 3.63) is 0 Å². The molecule has 1 rings (SSSR count). The van der Waals surface area contributed by atoms with Gasteiger partial charge in [-0.15, -0.1) is 0 Å². The summed E-state index contributed by atoms with van der Waals surface area (Å²) >= 11 is 0. The van der Waals surface area contributed by atoms with Crippen molar-refractivity contribution in [2.75, 3.05) is 32.7 Å². The van der Waals surface area contributed by atoms with Crippen molar-refractivity contribution in [3.63, 3.8) is 0 Å². The van der Waals surface area contributed by atoms with E-state index in [1.165, 1.54) is 0 Å². The average Bonchev–Trinajstić information content (AvgIpc) is 2.34. The van der Waals surface area contributed by atoms with E-state index in [0.717, 1.165) is 0 Å². The number of aliphatic carboxylic acids is 1. The molecule has 8 heteroatoms. The lowest BCUT2D eigenvalue weighted by molar-refractivity contribution is -0.137. The molecule has 0 spiro atoms. The maximum atomic E-state index is 12.1. The minimum absolute atomic E-state index is 0.0807. The SMILES string of the molecule is CC(C)(CC(N)=O)NC(=O)N1CCN(CCC(=O)O)CC1. The van der Waals surface area contributed by atoms with Gasteiger partial charge in [0.25, 0.3) is 0 Å². The summed E-state index contributed by atoms with van der Waals surface area (Å²) < 4.78 is 0. The van der Waals surface area contributed by atoms with Crippen molar-refractivity contribution < 1.29 is 19.5 Å². The fourth-order valence-corrected chi connectivity index (χ4v) is 2.28. The van der Waals surface area contributed by atoms with E-state index in [1.807, 2.05) is 4.90 Å². The van der Waals surface area contributed by atoms with Crippen molar-refractivity contribution >= 4 is 17.9 Å². The number of nitrogens with zero attached hydrogens (tertiary/aromatic N) is 2. The lowest BCUT2D eigenvalue weighted by atomic mass is 10.0. The highest BCUT2D eigenvalue weighted by atomic mass is 16.4. The number of urea groups is 1. The molecule has 4 N–H and O–H groups in total. The van der Waals surface area contributed by atoms with Crippen LogP contribution in [0.1, 0.15) is 26.7 Å². The van der Waals surface area contributed by atoms with Crippen molar-refractivity contribution in [1.29, 1.82) is 0 Å². The molecule has 0 saturated carbocycles. The highest BCUT2D eigenvalue weighted by Crippen LogP contribution is 2.10. The van der Waals surface area contributed by atoms with Gasteiger partial charge in [0.05, 0.1) is 6.42 Å². The first-order valence-corrected chi connectivity index (χ1v) is 6.99. The van der Waals surface area contributed by atoms with Gasteiger partial charge in [-0.3, -0.25) is 14.5 Å². The molecule has 3 amide bonds. The zero-order valence-electron chi connectivity index (χ0n) is 12.6. The largest absolute Gasteiger partial charge is 0.481 e. The van der Waals surface area contributed by atoms with Crippen LogP contribution in [0.15, 0.2) is 0 Å². The number of rotatable bonds is 6. The van der Waals surface area contributed by atoms with Gasteiger partial charge < -0.3 is 21.1 Å². The monoisotopic (exact) mass is 300 g/mol. The molecule has 0 atom stereocenters. The second kappa shape index (κ2) is 7.26. The van der Waals surface area contributed by atoms with E-state index in [2.05, 4.69) is 5.32 Å². The predicted octanol–water partition coefficient (Wildman–Crippen LogP) is -0.558. The number of carbonyl (C=O) groups excluding carboxylic acids is 2. The van der Waals surface area contributed by atoms with E-state index >= 15 is 0 Å². The molecule has 0 radical (unpaired) electrons. The molecule has 0 unspecified atom stereocenters. The smallest absolute Gasteiger partial charge is 0.317 e. The number of primary amides is 1. The number of carboxylic acid groups (broad SMARTS) is 1. The van der Waals surface area contributed by atoms with Crippen LogP contribution < -0.4 is 11.1 Å². The summed E-state index contributed by atoms with van der Waals surface area (Å²) in [5.41, 5.74) is 4.47. The van der Waals surface area contributed by atoms with E-state index < -0.39 is 17.4 Å². The number of piperazine rings is 1. The fraction of sp³-hybridized carbons (Fsp3) is 0.769. The molecule has 0 aromatic rings. The zero-order valence-corrected chi connectivity index (χ0v) is 12.6. The Morgan fingerprint density at radius 1 is 1.19 bits per heavy atom. The minimum Gasteiger partial charge on any atom is -0.481 e. The topological polar surface area (TPSA) is 116 Å². The molecular formula is C13H24N4O4. The van der Waals surface area contributed by atoms with Crippen LogP contribution in [0, 0.1) is 0 Å². The standard InChI is InChI=1S/C13H24N4O4/c1-13(2,9-10(14)18)15-12(21)17-7-5-16(6-8-17)4-3-11(19)20/h3-9H2,1-2H3,(H2,14,18)(H,15,21)(H,19,20). The number of carboxylic acids is 1. The van der Waals surface area contributed by atoms with Crippen LogP contribution in [-0.4, -0.2) is 71.1 Å². The number of amides is 3. The average molecular weight is 300 g/mol. The van der Waals surface area contributed by atoms with Crippen LogP contribution in [0.2, 0.25) is 0 Å². The summed E-state index contributed by atoms with van der Waals surface area (Å²) in [6, 6.07) is -0.223. The predicted molar refractivity (Wildman–Crippen MR) is 76.7 cm³/mol. The van der Waals surface area contributed by atoms with E-state index in [-0.39, 0.29) is 18.9 Å². The second-order valence-corrected chi connectivity index (χ2v) is 5.93. The Morgan fingerprint density at radius 2 is 1.76 bits per heavy atom. The Balaban J connectivity index is 2.38. The molecule has 1 saturated heterocycles. The Hall–Kier alpha value is -1.83. The van der Waals surface area contributed by atoms with Crippen molar-refractivity contribution in [2.24, 2.45) is 5.73 Å². The maximum absolute atomic E-state index is 12.1. The van der Waals surface area contributed by atoms with Gasteiger partial charge in [-0.05, 0) is 13.8 Å². The van der Waals surface area contributed by atoms with E-state index in [0.29, 0.717) is 32.7 Å². The van der Waals surface area contributed by atoms with E-state index in [9.17, 15) is 14.4 Å². The first kappa shape index (κ1) is 17.2. The zero-order chi connectivity index (χ0) is 16.0. The van der Waals surface area contributed by atoms with Gasteiger partial charge in [-0.25, -0.2) is 4.79 Å². The normalized spacial score (nSPS) is 16.6. The van der Waals surface area contributed by atoms with Crippen LogP contribution in [0.3, 0.4) is 0 Å². The number of nitrogens with one attached hydrogen (secondary N) is 1. The summed E-state index contributed by atoms with van der Waals surface area (Å²) in [5, 5.41) is 11.4. The molecule has 1 fully saturated rings. The molecule has 120 valence electrons. The Bertz CT molecular complexity index is 403. The second-order valence-electron chi connectivity index (χ2n) is 5.93. The highest BCUT2D eigenvalue weighted by Gasteiger charge is 2.27. The van der Waals surface area contributed by atoms with Crippen LogP contribution in [0.5, 0.6) is 0 Å². The third-order valence-corrected chi connectivity index (χ3v) is 3.36. The Labute approximate surface area is 124 Å². The third kappa shape index (κ3) is 6.44. The van der Waals surface area contributed by atoms with Crippen molar-refractivity contribution in [1.82, 2.24) is 15.1 Å². The number of hydrogen-bond acceptors (Lipinski definition) is 4. The van der Waals surface area contributed by atoms with Gasteiger partial charge in [0.2, 0.25) is 5.91 Å². The molecule has 0 aromatic carbocycles. The minimum atomic E-state index is -0.816.